The topological polar surface area (TPSA) is 96.8 Å². The zero-order valence-electron chi connectivity index (χ0n) is 18.5. The summed E-state index contributed by atoms with van der Waals surface area (Å²) >= 11 is 12.3. The number of rotatable bonds is 4. The van der Waals surface area contributed by atoms with E-state index >= 15 is 0 Å². The molecule has 174 valence electrons. The number of nitrogens with one attached hydrogen (secondary N) is 1. The van der Waals surface area contributed by atoms with Gasteiger partial charge < -0.3 is 9.88 Å². The van der Waals surface area contributed by atoms with Gasteiger partial charge in [-0.25, -0.2) is 9.67 Å². The SMILES string of the molecule is Cc1cccc(C(=O)N2CCCC(c3nc4c(nnn4Cc4ccc(Cl)cc4Cl)c(=O)[nH]3)C2)c1. The van der Waals surface area contributed by atoms with Crippen molar-refractivity contribution in [3.8, 4) is 0 Å². The lowest BCUT2D eigenvalue weighted by molar-refractivity contribution is 0.0704. The second kappa shape index (κ2) is 9.19. The maximum atomic E-state index is 13.1. The summed E-state index contributed by atoms with van der Waals surface area (Å²) in [5, 5.41) is 9.17. The Balaban J connectivity index is 1.43. The first-order valence-corrected chi connectivity index (χ1v) is 11.8. The van der Waals surface area contributed by atoms with E-state index in [2.05, 4.69) is 15.3 Å². The Labute approximate surface area is 205 Å². The van der Waals surface area contributed by atoms with Crippen LogP contribution in [0.15, 0.2) is 47.3 Å². The van der Waals surface area contributed by atoms with E-state index in [4.69, 9.17) is 28.2 Å². The van der Waals surface area contributed by atoms with Gasteiger partial charge in [-0.1, -0.05) is 52.2 Å². The molecule has 5 rings (SSSR count). The summed E-state index contributed by atoms with van der Waals surface area (Å²) in [7, 11) is 0. The van der Waals surface area contributed by atoms with Crippen molar-refractivity contribution in [2.24, 2.45) is 0 Å². The van der Waals surface area contributed by atoms with Crippen LogP contribution in [0.3, 0.4) is 0 Å². The highest BCUT2D eigenvalue weighted by Gasteiger charge is 2.28. The third-order valence-electron chi connectivity index (χ3n) is 6.09. The van der Waals surface area contributed by atoms with E-state index in [-0.39, 0.29) is 22.9 Å². The number of piperidine rings is 1. The lowest BCUT2D eigenvalue weighted by Gasteiger charge is -2.32. The van der Waals surface area contributed by atoms with Crippen LogP contribution in [-0.2, 0) is 6.54 Å². The van der Waals surface area contributed by atoms with Crippen LogP contribution in [0.1, 0.15) is 46.1 Å². The molecule has 1 fully saturated rings. The molecule has 34 heavy (non-hydrogen) atoms. The van der Waals surface area contributed by atoms with Gasteiger partial charge in [-0.05, 0) is 49.6 Å². The lowest BCUT2D eigenvalue weighted by atomic mass is 9.96. The van der Waals surface area contributed by atoms with E-state index < -0.39 is 0 Å². The molecular weight excluding hydrogens is 475 g/mol. The maximum absolute atomic E-state index is 13.1. The Bertz CT molecular complexity index is 1450. The van der Waals surface area contributed by atoms with Crippen molar-refractivity contribution in [3.05, 3.63) is 85.4 Å². The summed E-state index contributed by atoms with van der Waals surface area (Å²) in [6.07, 6.45) is 1.64. The molecule has 0 spiro atoms. The predicted molar refractivity (Wildman–Crippen MR) is 131 cm³/mol. The molecule has 1 unspecified atom stereocenters. The molecule has 0 bridgehead atoms. The number of amides is 1. The fourth-order valence-corrected chi connectivity index (χ4v) is 4.81. The van der Waals surface area contributed by atoms with Gasteiger partial charge in [-0.2, -0.15) is 0 Å². The van der Waals surface area contributed by atoms with Gasteiger partial charge in [0.05, 0.1) is 6.54 Å². The first-order chi connectivity index (χ1) is 16.4. The summed E-state index contributed by atoms with van der Waals surface area (Å²) in [6.45, 7) is 3.41. The number of carbonyl (C=O) groups is 1. The highest BCUT2D eigenvalue weighted by molar-refractivity contribution is 6.35. The van der Waals surface area contributed by atoms with Crippen molar-refractivity contribution in [1.82, 2.24) is 29.9 Å². The van der Waals surface area contributed by atoms with Gasteiger partial charge in [0.15, 0.2) is 11.2 Å². The van der Waals surface area contributed by atoms with Gasteiger partial charge in [-0.15, -0.1) is 5.10 Å². The van der Waals surface area contributed by atoms with Gasteiger partial charge in [-0.3, -0.25) is 9.59 Å². The smallest absolute Gasteiger partial charge is 0.281 e. The van der Waals surface area contributed by atoms with Crippen LogP contribution in [0.2, 0.25) is 10.0 Å². The van der Waals surface area contributed by atoms with E-state index in [1.807, 2.05) is 42.2 Å². The minimum absolute atomic E-state index is 0.0130. The standard InChI is InChI=1S/C24H22Cl2N6O2/c1-14-4-2-5-15(10-14)24(34)31-9-3-6-17(12-31)21-27-22-20(23(33)28-21)29-30-32(22)13-16-7-8-18(25)11-19(16)26/h2,4-5,7-8,10-11,17H,3,6,9,12-13H2,1H3,(H,27,28,33). The quantitative estimate of drug-likeness (QED) is 0.456. The van der Waals surface area contributed by atoms with Crippen LogP contribution in [-0.4, -0.2) is 48.9 Å². The van der Waals surface area contributed by atoms with Crippen molar-refractivity contribution in [1.29, 1.82) is 0 Å². The van der Waals surface area contributed by atoms with Crippen LogP contribution in [0.4, 0.5) is 0 Å². The second-order valence-electron chi connectivity index (χ2n) is 8.57. The van der Waals surface area contributed by atoms with Gasteiger partial charge in [0.2, 0.25) is 0 Å². The number of hydrogen-bond acceptors (Lipinski definition) is 5. The second-order valence-corrected chi connectivity index (χ2v) is 9.41. The van der Waals surface area contributed by atoms with E-state index in [0.29, 0.717) is 46.7 Å². The van der Waals surface area contributed by atoms with Crippen LogP contribution < -0.4 is 5.56 Å². The van der Waals surface area contributed by atoms with Crippen molar-refractivity contribution in [2.75, 3.05) is 13.1 Å². The third kappa shape index (κ3) is 4.43. The number of nitrogens with zero attached hydrogens (tertiary/aromatic N) is 5. The molecule has 2 aromatic carbocycles. The number of carbonyl (C=O) groups excluding carboxylic acids is 1. The number of H-pyrrole nitrogens is 1. The number of halogens is 2. The number of fused-ring (bicyclic) bond motifs is 1. The van der Waals surface area contributed by atoms with E-state index in [1.54, 1.807) is 16.8 Å². The summed E-state index contributed by atoms with van der Waals surface area (Å²) in [5.41, 5.74) is 2.69. The zero-order chi connectivity index (χ0) is 23.8. The maximum Gasteiger partial charge on any atom is 0.281 e. The first-order valence-electron chi connectivity index (χ1n) is 11.0. The summed E-state index contributed by atoms with van der Waals surface area (Å²) in [5.74, 6) is 0.424. The summed E-state index contributed by atoms with van der Waals surface area (Å²) in [4.78, 5) is 35.2. The molecule has 0 aliphatic carbocycles. The van der Waals surface area contributed by atoms with Crippen LogP contribution in [0.25, 0.3) is 11.2 Å². The van der Waals surface area contributed by atoms with Crippen molar-refractivity contribution in [3.63, 3.8) is 0 Å². The van der Waals surface area contributed by atoms with Gasteiger partial charge >= 0.3 is 0 Å². The van der Waals surface area contributed by atoms with E-state index in [1.165, 1.54) is 0 Å². The number of hydrogen-bond donors (Lipinski definition) is 1. The molecule has 10 heteroatoms. The largest absolute Gasteiger partial charge is 0.338 e. The molecule has 0 saturated carbocycles. The lowest BCUT2D eigenvalue weighted by Crippen LogP contribution is -2.40. The van der Waals surface area contributed by atoms with Gasteiger partial charge in [0.25, 0.3) is 11.5 Å². The van der Waals surface area contributed by atoms with Crippen LogP contribution in [0, 0.1) is 6.92 Å². The Hall–Kier alpha value is -3.23. The highest BCUT2D eigenvalue weighted by Crippen LogP contribution is 2.26. The molecule has 1 saturated heterocycles. The van der Waals surface area contributed by atoms with Crippen molar-refractivity contribution >= 4 is 40.3 Å². The average molecular weight is 497 g/mol. The molecule has 0 radical (unpaired) electrons. The minimum atomic E-state index is -0.351. The van der Waals surface area contributed by atoms with Crippen molar-refractivity contribution in [2.45, 2.75) is 32.2 Å². The third-order valence-corrected chi connectivity index (χ3v) is 6.67. The Morgan fingerprint density at radius 2 is 2.06 bits per heavy atom. The molecule has 1 aliphatic heterocycles. The number of aromatic nitrogens is 5. The average Bonchev–Trinajstić information content (AvgIpc) is 3.24. The molecular formula is C24H22Cl2N6O2. The van der Waals surface area contributed by atoms with Crippen molar-refractivity contribution < 1.29 is 4.79 Å². The number of aromatic amines is 1. The van der Waals surface area contributed by atoms with Crippen LogP contribution in [0.5, 0.6) is 0 Å². The monoisotopic (exact) mass is 496 g/mol. The number of likely N-dealkylation sites (tertiary alicyclic amines) is 1. The molecule has 8 nitrogen and oxygen atoms in total. The number of aryl methyl sites for hydroxylation is 1. The fourth-order valence-electron chi connectivity index (χ4n) is 4.34. The molecule has 1 atom stereocenters. The van der Waals surface area contributed by atoms with E-state index in [9.17, 15) is 9.59 Å². The highest BCUT2D eigenvalue weighted by atomic mass is 35.5. The molecule has 1 aliphatic rings. The Kier molecular flexibility index (Phi) is 6.10. The predicted octanol–water partition coefficient (Wildman–Crippen LogP) is 4.20. The first kappa shape index (κ1) is 22.6. The zero-order valence-corrected chi connectivity index (χ0v) is 20.0. The Morgan fingerprint density at radius 1 is 1.21 bits per heavy atom. The molecule has 1 N–H and O–H groups in total. The van der Waals surface area contributed by atoms with E-state index in [0.717, 1.165) is 24.0 Å². The summed E-state index contributed by atoms with van der Waals surface area (Å²) in [6, 6.07) is 12.8. The molecule has 4 aromatic rings. The Morgan fingerprint density at radius 3 is 2.85 bits per heavy atom. The normalized spacial score (nSPS) is 16.2. The molecule has 1 amide bonds. The summed E-state index contributed by atoms with van der Waals surface area (Å²) < 4.78 is 1.56. The number of benzene rings is 2. The molecule has 2 aromatic heterocycles. The fraction of sp³-hybridized carbons (Fsp3) is 0.292. The minimum Gasteiger partial charge on any atom is -0.338 e. The molecule has 3 heterocycles. The van der Waals surface area contributed by atoms with Gasteiger partial charge in [0, 0.05) is 34.6 Å². The van der Waals surface area contributed by atoms with Gasteiger partial charge in [0.1, 0.15) is 5.82 Å². The van der Waals surface area contributed by atoms with Crippen LogP contribution >= 0.6 is 23.2 Å².